The van der Waals surface area contributed by atoms with Crippen molar-refractivity contribution in [3.63, 3.8) is 0 Å². The molecule has 7 nitrogen and oxygen atoms in total. The summed E-state index contributed by atoms with van der Waals surface area (Å²) in [6.45, 7) is 2.00. The van der Waals surface area contributed by atoms with E-state index in [1.54, 1.807) is 14.2 Å². The van der Waals surface area contributed by atoms with Gasteiger partial charge in [-0.25, -0.2) is 4.79 Å². The fraction of sp³-hybridized carbons (Fsp3) is 0.385. The Hall–Kier alpha value is -3.48. The number of amides is 2. The molecule has 0 spiro atoms. The molecule has 1 aliphatic carbocycles. The van der Waals surface area contributed by atoms with E-state index in [1.807, 2.05) is 29.3 Å². The highest BCUT2D eigenvalue weighted by Crippen LogP contribution is 2.34. The molecular weight excluding hydrogens is 416 g/mol. The van der Waals surface area contributed by atoms with Gasteiger partial charge in [0.2, 0.25) is 0 Å². The number of urea groups is 1. The number of hydrogen-bond acceptors (Lipinski definition) is 4. The predicted molar refractivity (Wildman–Crippen MR) is 126 cm³/mol. The van der Waals surface area contributed by atoms with Crippen molar-refractivity contribution in [3.05, 3.63) is 76.6 Å². The molecule has 172 valence electrons. The maximum Gasteiger partial charge on any atom is 0.318 e. The summed E-state index contributed by atoms with van der Waals surface area (Å²) in [6, 6.07) is 14.4. The maximum atomic E-state index is 13.2. The van der Waals surface area contributed by atoms with Gasteiger partial charge >= 0.3 is 6.03 Å². The van der Waals surface area contributed by atoms with Gasteiger partial charge in [0.05, 0.1) is 33.0 Å². The van der Waals surface area contributed by atoms with Gasteiger partial charge in [-0.05, 0) is 54.5 Å². The number of rotatable bonds is 5. The molecule has 2 amide bonds. The molecule has 0 saturated carbocycles. The molecule has 2 aliphatic rings. The highest BCUT2D eigenvalue weighted by Gasteiger charge is 2.29. The number of aromatic nitrogens is 2. The lowest BCUT2D eigenvalue weighted by Crippen LogP contribution is -2.44. The summed E-state index contributed by atoms with van der Waals surface area (Å²) in [5.41, 5.74) is 5.92. The second-order valence-electron chi connectivity index (χ2n) is 8.73. The molecule has 33 heavy (non-hydrogen) atoms. The van der Waals surface area contributed by atoms with E-state index in [9.17, 15) is 4.79 Å². The van der Waals surface area contributed by atoms with Gasteiger partial charge in [0.15, 0.2) is 11.5 Å². The molecule has 2 aromatic carbocycles. The average molecular weight is 447 g/mol. The number of methoxy groups -OCH3 is 2. The van der Waals surface area contributed by atoms with Crippen molar-refractivity contribution >= 4 is 6.03 Å². The molecule has 1 aliphatic heterocycles. The Bertz CT molecular complexity index is 1140. The van der Waals surface area contributed by atoms with Gasteiger partial charge in [-0.1, -0.05) is 30.3 Å². The molecule has 2 heterocycles. The minimum atomic E-state index is -0.0240. The maximum absolute atomic E-state index is 13.2. The first-order valence-corrected chi connectivity index (χ1v) is 11.5. The molecule has 5 rings (SSSR count). The number of carbonyl (C=O) groups excluding carboxylic acids is 1. The number of hydrogen-bond donors (Lipinski definition) is 1. The fourth-order valence-electron chi connectivity index (χ4n) is 4.96. The molecule has 1 N–H and O–H groups in total. The van der Waals surface area contributed by atoms with E-state index in [1.165, 1.54) is 16.8 Å². The van der Waals surface area contributed by atoms with Gasteiger partial charge in [-0.2, -0.15) is 5.10 Å². The Labute approximate surface area is 194 Å². The van der Waals surface area contributed by atoms with Crippen LogP contribution in [0.15, 0.2) is 48.7 Å². The number of fused-ring (bicyclic) bond motifs is 2. The van der Waals surface area contributed by atoms with Crippen LogP contribution in [0.4, 0.5) is 4.79 Å². The van der Waals surface area contributed by atoms with Crippen LogP contribution >= 0.6 is 0 Å². The fourth-order valence-corrected chi connectivity index (χ4v) is 4.96. The number of carbonyl (C=O) groups is 1. The third-order valence-electron chi connectivity index (χ3n) is 6.74. The minimum absolute atomic E-state index is 0.00225. The lowest BCUT2D eigenvalue weighted by Gasteiger charge is -2.32. The first kappa shape index (κ1) is 21.4. The summed E-state index contributed by atoms with van der Waals surface area (Å²) in [7, 11) is 3.28. The Morgan fingerprint density at radius 1 is 1.09 bits per heavy atom. The van der Waals surface area contributed by atoms with Crippen LogP contribution in [0.3, 0.4) is 0 Å². The van der Waals surface area contributed by atoms with E-state index < -0.39 is 0 Å². The van der Waals surface area contributed by atoms with Crippen LogP contribution in [-0.4, -0.2) is 41.5 Å². The van der Waals surface area contributed by atoms with Gasteiger partial charge in [-0.15, -0.1) is 0 Å². The molecule has 1 atom stereocenters. The predicted octanol–water partition coefficient (Wildman–Crippen LogP) is 4.09. The molecule has 0 fully saturated rings. The smallest absolute Gasteiger partial charge is 0.318 e. The van der Waals surface area contributed by atoms with Crippen molar-refractivity contribution in [1.82, 2.24) is 20.0 Å². The summed E-state index contributed by atoms with van der Waals surface area (Å²) in [6.07, 6.45) is 5.70. The molecule has 3 aromatic rings. The topological polar surface area (TPSA) is 68.6 Å². The molecule has 7 heteroatoms. The number of nitrogens with one attached hydrogen (secondary N) is 1. The van der Waals surface area contributed by atoms with E-state index in [4.69, 9.17) is 9.47 Å². The van der Waals surface area contributed by atoms with Crippen LogP contribution < -0.4 is 14.8 Å². The van der Waals surface area contributed by atoms with Gasteiger partial charge in [0.1, 0.15) is 0 Å². The van der Waals surface area contributed by atoms with Crippen LogP contribution in [0.5, 0.6) is 11.5 Å². The third-order valence-corrected chi connectivity index (χ3v) is 6.74. The SMILES string of the molecule is COc1cc2c(cc1OC)CN(C(=O)NC1CCCc3c1cnn3Cc1ccccc1)CC2. The van der Waals surface area contributed by atoms with E-state index in [-0.39, 0.29) is 12.1 Å². The lowest BCUT2D eigenvalue weighted by atomic mass is 9.93. The second kappa shape index (κ2) is 9.17. The second-order valence-corrected chi connectivity index (χ2v) is 8.73. The van der Waals surface area contributed by atoms with Crippen molar-refractivity contribution in [3.8, 4) is 11.5 Å². The monoisotopic (exact) mass is 446 g/mol. The minimum Gasteiger partial charge on any atom is -0.493 e. The van der Waals surface area contributed by atoms with Crippen LogP contribution in [0.1, 0.15) is 46.8 Å². The van der Waals surface area contributed by atoms with Crippen molar-refractivity contribution in [1.29, 1.82) is 0 Å². The molecule has 1 unspecified atom stereocenters. The van der Waals surface area contributed by atoms with Crippen molar-refractivity contribution in [2.45, 2.75) is 44.8 Å². The Morgan fingerprint density at radius 3 is 2.61 bits per heavy atom. The first-order valence-electron chi connectivity index (χ1n) is 11.5. The van der Waals surface area contributed by atoms with Gasteiger partial charge in [0.25, 0.3) is 0 Å². The Balaban J connectivity index is 1.29. The first-order chi connectivity index (χ1) is 16.2. The van der Waals surface area contributed by atoms with Crippen LogP contribution in [0, 0.1) is 0 Å². The van der Waals surface area contributed by atoms with Crippen LogP contribution in [0.2, 0.25) is 0 Å². The quantitative estimate of drug-likeness (QED) is 0.641. The zero-order valence-corrected chi connectivity index (χ0v) is 19.2. The largest absolute Gasteiger partial charge is 0.493 e. The summed E-state index contributed by atoms with van der Waals surface area (Å²) >= 11 is 0. The van der Waals surface area contributed by atoms with Crippen LogP contribution in [0.25, 0.3) is 0 Å². The van der Waals surface area contributed by atoms with Crippen LogP contribution in [-0.2, 0) is 25.9 Å². The molecular formula is C26H30N4O3. The summed E-state index contributed by atoms with van der Waals surface area (Å²) in [5.74, 6) is 1.43. The Kier molecular flexibility index (Phi) is 5.94. The zero-order chi connectivity index (χ0) is 22.8. The van der Waals surface area contributed by atoms with Gasteiger partial charge < -0.3 is 19.7 Å². The molecule has 0 saturated heterocycles. The van der Waals surface area contributed by atoms with E-state index in [2.05, 4.69) is 39.4 Å². The summed E-state index contributed by atoms with van der Waals surface area (Å²) in [4.78, 5) is 15.1. The highest BCUT2D eigenvalue weighted by molar-refractivity contribution is 5.75. The molecule has 0 radical (unpaired) electrons. The molecule has 0 bridgehead atoms. The van der Waals surface area contributed by atoms with Gasteiger partial charge in [-0.3, -0.25) is 4.68 Å². The zero-order valence-electron chi connectivity index (χ0n) is 19.2. The van der Waals surface area contributed by atoms with Crippen molar-refractivity contribution in [2.24, 2.45) is 0 Å². The summed E-state index contributed by atoms with van der Waals surface area (Å²) < 4.78 is 13.0. The standard InChI is InChI=1S/C26H30N4O3/c1-32-24-13-19-11-12-29(17-20(19)14-25(24)33-2)26(31)28-22-9-6-10-23-21(22)15-27-30(23)16-18-7-4-3-5-8-18/h3-5,7-8,13-15,22H,6,9-12,16-17H2,1-2H3,(H,28,31). The van der Waals surface area contributed by atoms with E-state index >= 15 is 0 Å². The highest BCUT2D eigenvalue weighted by atomic mass is 16.5. The molecule has 1 aromatic heterocycles. The van der Waals surface area contributed by atoms with Gasteiger partial charge in [0, 0.05) is 24.3 Å². The lowest BCUT2D eigenvalue weighted by molar-refractivity contribution is 0.186. The van der Waals surface area contributed by atoms with E-state index in [0.717, 1.165) is 49.1 Å². The Morgan fingerprint density at radius 2 is 1.85 bits per heavy atom. The van der Waals surface area contributed by atoms with E-state index in [0.29, 0.717) is 18.8 Å². The number of nitrogens with zero attached hydrogens (tertiary/aromatic N) is 3. The van der Waals surface area contributed by atoms with Crippen molar-refractivity contribution in [2.75, 3.05) is 20.8 Å². The third kappa shape index (κ3) is 4.27. The number of benzene rings is 2. The normalized spacial score (nSPS) is 17.2. The summed E-state index contributed by atoms with van der Waals surface area (Å²) in [5, 5.41) is 7.94. The average Bonchev–Trinajstić information content (AvgIpc) is 3.27. The van der Waals surface area contributed by atoms with Crippen molar-refractivity contribution < 1.29 is 14.3 Å². The number of ether oxygens (including phenoxy) is 2.